The number of aryl methyl sites for hydroxylation is 1. The number of amides is 1. The minimum absolute atomic E-state index is 0.125. The minimum atomic E-state index is -0.587. The molecule has 0 radical (unpaired) electrons. The number of aromatic nitrogens is 3. The van der Waals surface area contributed by atoms with E-state index in [1.54, 1.807) is 0 Å². The van der Waals surface area contributed by atoms with E-state index >= 15 is 0 Å². The third-order valence-corrected chi connectivity index (χ3v) is 5.53. The summed E-state index contributed by atoms with van der Waals surface area (Å²) in [4.78, 5) is 18.3. The summed E-state index contributed by atoms with van der Waals surface area (Å²) in [6.07, 6.45) is 4.73. The normalized spacial score (nSPS) is 31.3. The number of aliphatic hydroxyl groups is 1. The quantitative estimate of drug-likeness (QED) is 0.883. The van der Waals surface area contributed by atoms with Crippen LogP contribution in [0, 0.1) is 11.8 Å². The molecule has 2 heterocycles. The zero-order valence-corrected chi connectivity index (χ0v) is 13.6. The molecule has 3 rings (SSSR count). The van der Waals surface area contributed by atoms with Gasteiger partial charge in [0.05, 0.1) is 5.60 Å². The van der Waals surface area contributed by atoms with Crippen LogP contribution in [0.5, 0.6) is 0 Å². The number of nitrogens with one attached hydrogen (secondary N) is 1. The van der Waals surface area contributed by atoms with Gasteiger partial charge in [-0.3, -0.25) is 9.89 Å². The molecule has 22 heavy (non-hydrogen) atoms. The molecule has 3 atom stereocenters. The molecular formula is C15H23ClN4O2. The van der Waals surface area contributed by atoms with Crippen molar-refractivity contribution in [3.8, 4) is 0 Å². The van der Waals surface area contributed by atoms with Crippen LogP contribution in [0.1, 0.15) is 44.9 Å². The fraction of sp³-hybridized carbons (Fsp3) is 0.800. The lowest BCUT2D eigenvalue weighted by molar-refractivity contribution is -0.130. The average molecular weight is 327 g/mol. The molecule has 1 aromatic rings. The third-order valence-electron chi connectivity index (χ3n) is 5.36. The molecule has 1 saturated heterocycles. The first-order valence-electron chi connectivity index (χ1n) is 8.09. The zero-order chi connectivity index (χ0) is 15.7. The summed E-state index contributed by atoms with van der Waals surface area (Å²) in [6.45, 7) is 3.51. The van der Waals surface area contributed by atoms with Crippen molar-refractivity contribution in [1.29, 1.82) is 0 Å². The number of hydrogen-bond acceptors (Lipinski definition) is 4. The van der Waals surface area contributed by atoms with Crippen LogP contribution in [0.4, 0.5) is 0 Å². The van der Waals surface area contributed by atoms with Crippen molar-refractivity contribution in [3.63, 3.8) is 0 Å². The second-order valence-electron chi connectivity index (χ2n) is 6.57. The SMILES string of the molecule is CC[C@]1(O)CCC[C@H]2CN(C(=O)CCc3nc(Cl)n[nH]3)C[C@H]21. The number of aromatic amines is 1. The highest BCUT2D eigenvalue weighted by Gasteiger charge is 2.48. The third kappa shape index (κ3) is 2.99. The highest BCUT2D eigenvalue weighted by atomic mass is 35.5. The number of rotatable bonds is 4. The first-order valence-corrected chi connectivity index (χ1v) is 8.46. The molecule has 2 N–H and O–H groups in total. The van der Waals surface area contributed by atoms with Crippen LogP contribution in [0.15, 0.2) is 0 Å². The van der Waals surface area contributed by atoms with Crippen LogP contribution in [-0.4, -0.2) is 49.8 Å². The predicted octanol–water partition coefficient (Wildman–Crippen LogP) is 1.79. The Morgan fingerprint density at radius 2 is 2.36 bits per heavy atom. The Balaban J connectivity index is 1.58. The van der Waals surface area contributed by atoms with Crippen LogP contribution in [-0.2, 0) is 11.2 Å². The molecular weight excluding hydrogens is 304 g/mol. The molecule has 6 nitrogen and oxygen atoms in total. The lowest BCUT2D eigenvalue weighted by Crippen LogP contribution is -2.44. The summed E-state index contributed by atoms with van der Waals surface area (Å²) in [7, 11) is 0. The number of halogens is 1. The first-order chi connectivity index (χ1) is 10.5. The fourth-order valence-corrected chi connectivity index (χ4v) is 4.18. The van der Waals surface area contributed by atoms with Crippen molar-refractivity contribution >= 4 is 17.5 Å². The lowest BCUT2D eigenvalue weighted by atomic mass is 9.69. The van der Waals surface area contributed by atoms with Gasteiger partial charge in [-0.2, -0.15) is 0 Å². The number of carbonyl (C=O) groups excluding carboxylic acids is 1. The van der Waals surface area contributed by atoms with Gasteiger partial charge in [0.25, 0.3) is 0 Å². The Bertz CT molecular complexity index is 549. The number of fused-ring (bicyclic) bond motifs is 1. The minimum Gasteiger partial charge on any atom is -0.390 e. The maximum Gasteiger partial charge on any atom is 0.242 e. The molecule has 2 aliphatic rings. The zero-order valence-electron chi connectivity index (χ0n) is 12.9. The predicted molar refractivity (Wildman–Crippen MR) is 82.4 cm³/mol. The van der Waals surface area contributed by atoms with Crippen molar-refractivity contribution in [2.75, 3.05) is 13.1 Å². The maximum absolute atomic E-state index is 12.4. The Morgan fingerprint density at radius 1 is 1.55 bits per heavy atom. The molecule has 0 spiro atoms. The highest BCUT2D eigenvalue weighted by Crippen LogP contribution is 2.44. The van der Waals surface area contributed by atoms with Crippen LogP contribution >= 0.6 is 11.6 Å². The topological polar surface area (TPSA) is 82.1 Å². The van der Waals surface area contributed by atoms with E-state index < -0.39 is 5.60 Å². The molecule has 1 aliphatic carbocycles. The monoisotopic (exact) mass is 326 g/mol. The largest absolute Gasteiger partial charge is 0.390 e. The number of hydrogen-bond donors (Lipinski definition) is 2. The Hall–Kier alpha value is -1.14. The van der Waals surface area contributed by atoms with E-state index in [-0.39, 0.29) is 17.1 Å². The molecule has 122 valence electrons. The fourth-order valence-electron chi connectivity index (χ4n) is 4.04. The second kappa shape index (κ2) is 6.16. The Labute approximate surface area is 135 Å². The Morgan fingerprint density at radius 3 is 3.05 bits per heavy atom. The van der Waals surface area contributed by atoms with Crippen molar-refractivity contribution in [2.24, 2.45) is 11.8 Å². The smallest absolute Gasteiger partial charge is 0.242 e. The van der Waals surface area contributed by atoms with Gasteiger partial charge in [-0.25, -0.2) is 4.98 Å². The molecule has 0 aromatic carbocycles. The summed E-state index contributed by atoms with van der Waals surface area (Å²) >= 11 is 5.66. The van der Waals surface area contributed by atoms with Crippen molar-refractivity contribution in [3.05, 3.63) is 11.1 Å². The summed E-state index contributed by atoms with van der Waals surface area (Å²) in [5.41, 5.74) is -0.587. The van der Waals surface area contributed by atoms with Crippen molar-refractivity contribution in [2.45, 2.75) is 51.0 Å². The molecule has 1 amide bonds. The molecule has 1 aromatic heterocycles. The Kier molecular flexibility index (Phi) is 4.41. The van der Waals surface area contributed by atoms with Crippen LogP contribution in [0.3, 0.4) is 0 Å². The van der Waals surface area contributed by atoms with Gasteiger partial charge in [0.2, 0.25) is 11.2 Å². The molecule has 1 aliphatic heterocycles. The lowest BCUT2D eigenvalue weighted by Gasteiger charge is -2.40. The first kappa shape index (κ1) is 15.7. The number of H-pyrrole nitrogens is 1. The standard InChI is InChI=1S/C15H23ClN4O2/c1-2-15(22)7-3-4-10-8-20(9-11(10)15)13(21)6-5-12-17-14(16)19-18-12/h10-11,22H,2-9H2,1H3,(H,17,18,19)/t10-,11+,15-/m0/s1. The summed E-state index contributed by atoms with van der Waals surface area (Å²) < 4.78 is 0. The number of likely N-dealkylation sites (tertiary alicyclic amines) is 1. The van der Waals surface area contributed by atoms with Crippen molar-refractivity contribution in [1.82, 2.24) is 20.1 Å². The van der Waals surface area contributed by atoms with Crippen LogP contribution in [0.25, 0.3) is 0 Å². The van der Waals surface area contributed by atoms with E-state index in [4.69, 9.17) is 11.6 Å². The molecule has 1 saturated carbocycles. The van der Waals surface area contributed by atoms with E-state index in [1.807, 2.05) is 11.8 Å². The van der Waals surface area contributed by atoms with Gasteiger partial charge in [-0.15, -0.1) is 5.10 Å². The summed E-state index contributed by atoms with van der Waals surface area (Å²) in [5.74, 6) is 1.44. The highest BCUT2D eigenvalue weighted by molar-refractivity contribution is 6.28. The average Bonchev–Trinajstić information content (AvgIpc) is 3.12. The molecule has 2 fully saturated rings. The second-order valence-corrected chi connectivity index (χ2v) is 6.90. The van der Waals surface area contributed by atoms with E-state index in [0.29, 0.717) is 31.1 Å². The number of carbonyl (C=O) groups is 1. The van der Waals surface area contributed by atoms with Crippen LogP contribution in [0.2, 0.25) is 5.28 Å². The van der Waals surface area contributed by atoms with Gasteiger partial charge in [0.1, 0.15) is 5.82 Å². The van der Waals surface area contributed by atoms with Gasteiger partial charge in [-0.05, 0) is 36.8 Å². The van der Waals surface area contributed by atoms with Gasteiger partial charge in [0, 0.05) is 31.8 Å². The molecule has 0 bridgehead atoms. The molecule has 0 unspecified atom stereocenters. The van der Waals surface area contributed by atoms with E-state index in [1.165, 1.54) is 0 Å². The van der Waals surface area contributed by atoms with E-state index in [0.717, 1.165) is 32.2 Å². The summed E-state index contributed by atoms with van der Waals surface area (Å²) in [6, 6.07) is 0. The van der Waals surface area contributed by atoms with Gasteiger partial charge in [0.15, 0.2) is 0 Å². The van der Waals surface area contributed by atoms with Crippen molar-refractivity contribution < 1.29 is 9.90 Å². The van der Waals surface area contributed by atoms with Gasteiger partial charge < -0.3 is 10.0 Å². The van der Waals surface area contributed by atoms with E-state index in [2.05, 4.69) is 15.2 Å². The molecule has 7 heteroatoms. The number of nitrogens with zero attached hydrogens (tertiary/aromatic N) is 3. The summed E-state index contributed by atoms with van der Waals surface area (Å²) in [5, 5.41) is 17.4. The van der Waals surface area contributed by atoms with E-state index in [9.17, 15) is 9.90 Å². The van der Waals surface area contributed by atoms with Crippen LogP contribution < -0.4 is 0 Å². The van der Waals surface area contributed by atoms with Gasteiger partial charge in [-0.1, -0.05) is 13.3 Å². The maximum atomic E-state index is 12.4. The van der Waals surface area contributed by atoms with Gasteiger partial charge >= 0.3 is 0 Å².